The Hall–Kier alpha value is -3.89. The number of ether oxygens (including phenoxy) is 2. The molecule has 0 saturated carbocycles. The van der Waals surface area contributed by atoms with Crippen molar-refractivity contribution in [3.63, 3.8) is 0 Å². The van der Waals surface area contributed by atoms with Gasteiger partial charge < -0.3 is 30.3 Å². The molecule has 0 radical (unpaired) electrons. The van der Waals surface area contributed by atoms with Crippen LogP contribution in [0.4, 0.5) is 23.1 Å². The third-order valence-corrected chi connectivity index (χ3v) is 6.53. The quantitative estimate of drug-likeness (QED) is 0.230. The van der Waals surface area contributed by atoms with Crippen molar-refractivity contribution in [2.45, 2.75) is 33.1 Å². The number of aromatic nitrogens is 2. The van der Waals surface area contributed by atoms with Gasteiger partial charge in [-0.3, -0.25) is 9.59 Å². The molecule has 3 rings (SSSR count). The smallest absolute Gasteiger partial charge is 0.253 e. The van der Waals surface area contributed by atoms with Gasteiger partial charge in [0, 0.05) is 27.2 Å². The summed E-state index contributed by atoms with van der Waals surface area (Å²) in [4.78, 5) is 35.2. The van der Waals surface area contributed by atoms with Crippen molar-refractivity contribution in [3.8, 4) is 5.75 Å². The highest BCUT2D eigenvalue weighted by Crippen LogP contribution is 2.32. The molecule has 1 aromatic heterocycles. The third-order valence-electron chi connectivity index (χ3n) is 6.25. The Morgan fingerprint density at radius 1 is 1.10 bits per heavy atom. The van der Waals surface area contributed by atoms with Crippen molar-refractivity contribution in [2.75, 3.05) is 51.6 Å². The summed E-state index contributed by atoms with van der Waals surface area (Å²) >= 11 is 6.37. The van der Waals surface area contributed by atoms with Crippen LogP contribution >= 0.6 is 11.6 Å². The molecule has 40 heavy (non-hydrogen) atoms. The minimum absolute atomic E-state index is 0.0567. The molecule has 0 aliphatic rings. The van der Waals surface area contributed by atoms with Crippen LogP contribution in [0.25, 0.3) is 0 Å². The van der Waals surface area contributed by atoms with Gasteiger partial charge in [-0.15, -0.1) is 0 Å². The second-order valence-corrected chi connectivity index (χ2v) is 9.58. The number of hydrogen-bond donors (Lipinski definition) is 3. The number of nitrogens with one attached hydrogen (secondary N) is 3. The van der Waals surface area contributed by atoms with E-state index in [1.54, 1.807) is 44.3 Å². The Labute approximate surface area is 240 Å². The number of amides is 2. The molecule has 3 N–H and O–H groups in total. The van der Waals surface area contributed by atoms with Gasteiger partial charge in [-0.25, -0.2) is 4.98 Å². The number of carbonyl (C=O) groups is 2. The lowest BCUT2D eigenvalue weighted by molar-refractivity contribution is -0.131. The van der Waals surface area contributed by atoms with Gasteiger partial charge in [-0.05, 0) is 55.2 Å². The molecule has 0 bridgehead atoms. The molecule has 10 nitrogen and oxygen atoms in total. The zero-order valence-electron chi connectivity index (χ0n) is 23.6. The fraction of sp³-hybridized carbons (Fsp3) is 0.379. The van der Waals surface area contributed by atoms with Crippen LogP contribution in [0.15, 0.2) is 42.6 Å². The number of nitrogens with zero attached hydrogens (tertiary/aromatic N) is 3. The number of hydrogen-bond acceptors (Lipinski definition) is 8. The first kappa shape index (κ1) is 30.6. The SMILES string of the molecule is CCCOCCC(=O)N(C)CCc1cc(OC)c(Nc2ncc(Cl)c(Nc3ccccc3C(=O)NC)n2)cc1C. The van der Waals surface area contributed by atoms with Gasteiger partial charge in [0.05, 0.1) is 43.3 Å². The maximum Gasteiger partial charge on any atom is 0.253 e. The molecule has 0 saturated heterocycles. The van der Waals surface area contributed by atoms with Crippen LogP contribution < -0.4 is 20.7 Å². The highest BCUT2D eigenvalue weighted by atomic mass is 35.5. The van der Waals surface area contributed by atoms with Gasteiger partial charge in [0.25, 0.3) is 5.91 Å². The number of halogens is 1. The summed E-state index contributed by atoms with van der Waals surface area (Å²) in [6.07, 6.45) is 3.47. The fourth-order valence-corrected chi connectivity index (χ4v) is 4.10. The summed E-state index contributed by atoms with van der Waals surface area (Å²) in [5.74, 6) is 1.08. The summed E-state index contributed by atoms with van der Waals surface area (Å²) < 4.78 is 11.1. The molecule has 0 fully saturated rings. The third kappa shape index (κ3) is 8.30. The van der Waals surface area contributed by atoms with Gasteiger partial charge in [0.2, 0.25) is 11.9 Å². The zero-order valence-corrected chi connectivity index (χ0v) is 24.4. The Bertz CT molecular complexity index is 1320. The van der Waals surface area contributed by atoms with E-state index in [1.165, 1.54) is 6.20 Å². The highest BCUT2D eigenvalue weighted by molar-refractivity contribution is 6.33. The van der Waals surface area contributed by atoms with Crippen LogP contribution in [0.2, 0.25) is 5.02 Å². The van der Waals surface area contributed by atoms with E-state index < -0.39 is 0 Å². The minimum atomic E-state index is -0.233. The lowest BCUT2D eigenvalue weighted by Crippen LogP contribution is -2.29. The number of anilines is 4. The van der Waals surface area contributed by atoms with E-state index in [2.05, 4.69) is 25.9 Å². The highest BCUT2D eigenvalue weighted by Gasteiger charge is 2.15. The fourth-order valence-electron chi connectivity index (χ4n) is 3.96. The van der Waals surface area contributed by atoms with Crippen molar-refractivity contribution >= 4 is 46.6 Å². The lowest BCUT2D eigenvalue weighted by atomic mass is 10.0. The molecular weight excluding hydrogens is 532 g/mol. The first-order valence-corrected chi connectivity index (χ1v) is 13.5. The number of aryl methyl sites for hydroxylation is 1. The van der Waals surface area contributed by atoms with E-state index in [-0.39, 0.29) is 11.8 Å². The van der Waals surface area contributed by atoms with E-state index >= 15 is 0 Å². The molecule has 0 aliphatic carbocycles. The second kappa shape index (κ2) is 15.0. The molecule has 2 aromatic carbocycles. The average Bonchev–Trinajstić information content (AvgIpc) is 2.96. The maximum absolute atomic E-state index is 12.4. The standard InChI is InChI=1S/C29H37ClN6O4/c1-6-14-40-15-12-26(37)36(4)13-11-20-17-25(39-5)24(16-19(20)2)34-29-32-18-22(30)27(35-29)33-23-10-8-7-9-21(23)28(38)31-3/h7-10,16-18H,6,11-15H2,1-5H3,(H,31,38)(H2,32,33,34,35). The van der Waals surface area contributed by atoms with E-state index in [0.717, 1.165) is 17.5 Å². The van der Waals surface area contributed by atoms with Gasteiger partial charge in [-0.1, -0.05) is 30.7 Å². The Balaban J connectivity index is 1.72. The Morgan fingerprint density at radius 2 is 1.88 bits per heavy atom. The Morgan fingerprint density at radius 3 is 2.60 bits per heavy atom. The predicted octanol–water partition coefficient (Wildman–Crippen LogP) is 5.11. The molecule has 2 amide bonds. The van der Waals surface area contributed by atoms with Crippen LogP contribution in [0, 0.1) is 6.92 Å². The first-order valence-electron chi connectivity index (χ1n) is 13.1. The summed E-state index contributed by atoms with van der Waals surface area (Å²) in [7, 11) is 4.97. The molecular formula is C29H37ClN6O4. The summed E-state index contributed by atoms with van der Waals surface area (Å²) in [6, 6.07) is 11.0. The largest absolute Gasteiger partial charge is 0.495 e. The molecule has 214 valence electrons. The molecule has 0 aliphatic heterocycles. The molecule has 0 atom stereocenters. The second-order valence-electron chi connectivity index (χ2n) is 9.17. The summed E-state index contributed by atoms with van der Waals surface area (Å²) in [5.41, 5.74) is 3.79. The monoisotopic (exact) mass is 568 g/mol. The number of methoxy groups -OCH3 is 1. The molecule has 0 spiro atoms. The van der Waals surface area contributed by atoms with Gasteiger partial charge in [0.1, 0.15) is 10.8 Å². The number of carbonyl (C=O) groups excluding carboxylic acids is 2. The Kier molecular flexibility index (Phi) is 11.5. The maximum atomic E-state index is 12.4. The van der Waals surface area contributed by atoms with E-state index in [1.807, 2.05) is 32.0 Å². The van der Waals surface area contributed by atoms with Crippen molar-refractivity contribution in [1.29, 1.82) is 0 Å². The van der Waals surface area contributed by atoms with E-state index in [0.29, 0.717) is 72.1 Å². The number of likely N-dealkylation sites (N-methyl/N-ethyl adjacent to an activating group) is 1. The predicted molar refractivity (Wildman–Crippen MR) is 158 cm³/mol. The number of rotatable bonds is 14. The molecule has 1 heterocycles. The zero-order chi connectivity index (χ0) is 29.1. The van der Waals surface area contributed by atoms with Gasteiger partial charge >= 0.3 is 0 Å². The van der Waals surface area contributed by atoms with E-state index in [4.69, 9.17) is 21.1 Å². The number of benzene rings is 2. The molecule has 11 heteroatoms. The summed E-state index contributed by atoms with van der Waals surface area (Å²) in [5, 5.41) is 9.26. The average molecular weight is 569 g/mol. The van der Waals surface area contributed by atoms with Crippen LogP contribution in [0.5, 0.6) is 5.75 Å². The van der Waals surface area contributed by atoms with Crippen molar-refractivity contribution in [2.24, 2.45) is 0 Å². The normalized spacial score (nSPS) is 10.7. The van der Waals surface area contributed by atoms with Crippen LogP contribution in [0.3, 0.4) is 0 Å². The van der Waals surface area contributed by atoms with Crippen LogP contribution in [0.1, 0.15) is 41.3 Å². The molecule has 0 unspecified atom stereocenters. The van der Waals surface area contributed by atoms with Crippen molar-refractivity contribution in [3.05, 3.63) is 64.3 Å². The van der Waals surface area contributed by atoms with E-state index in [9.17, 15) is 9.59 Å². The number of para-hydroxylation sites is 1. The molecule has 3 aromatic rings. The topological polar surface area (TPSA) is 118 Å². The van der Waals surface area contributed by atoms with Gasteiger partial charge in [-0.2, -0.15) is 4.98 Å². The van der Waals surface area contributed by atoms with Crippen molar-refractivity contribution < 1.29 is 19.1 Å². The van der Waals surface area contributed by atoms with Crippen LogP contribution in [-0.2, 0) is 16.0 Å². The minimum Gasteiger partial charge on any atom is -0.495 e. The lowest BCUT2D eigenvalue weighted by Gasteiger charge is -2.19. The van der Waals surface area contributed by atoms with Crippen LogP contribution in [-0.4, -0.2) is 67.6 Å². The first-order chi connectivity index (χ1) is 19.3. The van der Waals surface area contributed by atoms with Crippen molar-refractivity contribution in [1.82, 2.24) is 20.2 Å². The van der Waals surface area contributed by atoms with Gasteiger partial charge in [0.15, 0.2) is 5.82 Å². The summed E-state index contributed by atoms with van der Waals surface area (Å²) in [6.45, 7) is 5.73.